The van der Waals surface area contributed by atoms with E-state index in [9.17, 15) is 4.79 Å². The molecule has 0 unspecified atom stereocenters. The van der Waals surface area contributed by atoms with Crippen molar-refractivity contribution < 1.29 is 4.79 Å². The number of rotatable bonds is 4. The number of carbonyl (C=O) groups is 1. The first-order valence-electron chi connectivity index (χ1n) is 6.93. The second-order valence-electron chi connectivity index (χ2n) is 5.16. The van der Waals surface area contributed by atoms with Gasteiger partial charge in [-0.3, -0.25) is 4.79 Å². The SMILES string of the molecule is Cc1cccc(N)c1NC(=O)CSC1CCCCC1. The van der Waals surface area contributed by atoms with Gasteiger partial charge in [-0.05, 0) is 31.4 Å². The van der Waals surface area contributed by atoms with E-state index in [2.05, 4.69) is 5.32 Å². The molecule has 3 N–H and O–H groups in total. The van der Waals surface area contributed by atoms with E-state index in [4.69, 9.17) is 5.73 Å². The summed E-state index contributed by atoms with van der Waals surface area (Å²) in [6, 6.07) is 5.67. The quantitative estimate of drug-likeness (QED) is 0.828. The normalized spacial score (nSPS) is 16.3. The van der Waals surface area contributed by atoms with Crippen molar-refractivity contribution in [1.29, 1.82) is 0 Å². The van der Waals surface area contributed by atoms with Gasteiger partial charge < -0.3 is 11.1 Å². The number of aryl methyl sites for hydroxylation is 1. The summed E-state index contributed by atoms with van der Waals surface area (Å²) in [6.45, 7) is 1.96. The predicted molar refractivity (Wildman–Crippen MR) is 83.6 cm³/mol. The highest BCUT2D eigenvalue weighted by molar-refractivity contribution is 8.00. The van der Waals surface area contributed by atoms with Crippen LogP contribution in [0.4, 0.5) is 11.4 Å². The molecule has 0 spiro atoms. The fourth-order valence-electron chi connectivity index (χ4n) is 2.46. The average molecular weight is 278 g/mol. The Morgan fingerprint density at radius 3 is 2.79 bits per heavy atom. The van der Waals surface area contributed by atoms with Crippen molar-refractivity contribution in [1.82, 2.24) is 0 Å². The van der Waals surface area contributed by atoms with E-state index in [-0.39, 0.29) is 5.91 Å². The summed E-state index contributed by atoms with van der Waals surface area (Å²) in [5.74, 6) is 0.579. The fourth-order valence-corrected chi connectivity index (χ4v) is 3.59. The van der Waals surface area contributed by atoms with Crippen LogP contribution in [0.3, 0.4) is 0 Å². The summed E-state index contributed by atoms with van der Waals surface area (Å²) in [5.41, 5.74) is 8.29. The van der Waals surface area contributed by atoms with Crippen molar-refractivity contribution >= 4 is 29.0 Å². The van der Waals surface area contributed by atoms with Gasteiger partial charge in [-0.2, -0.15) is 0 Å². The van der Waals surface area contributed by atoms with Crippen LogP contribution in [0.5, 0.6) is 0 Å². The van der Waals surface area contributed by atoms with Gasteiger partial charge in [0, 0.05) is 5.25 Å². The van der Waals surface area contributed by atoms with E-state index in [1.165, 1.54) is 32.1 Å². The van der Waals surface area contributed by atoms with Crippen molar-refractivity contribution in [3.63, 3.8) is 0 Å². The lowest BCUT2D eigenvalue weighted by Gasteiger charge is -2.20. The summed E-state index contributed by atoms with van der Waals surface area (Å²) in [7, 11) is 0. The van der Waals surface area contributed by atoms with Crippen LogP contribution < -0.4 is 11.1 Å². The Morgan fingerprint density at radius 1 is 1.37 bits per heavy atom. The first kappa shape index (κ1) is 14.3. The topological polar surface area (TPSA) is 55.1 Å². The van der Waals surface area contributed by atoms with Crippen LogP contribution in [0.2, 0.25) is 0 Å². The molecule has 0 heterocycles. The number of para-hydroxylation sites is 1. The summed E-state index contributed by atoms with van der Waals surface area (Å²) in [6.07, 6.45) is 6.48. The zero-order valence-electron chi connectivity index (χ0n) is 11.4. The Bertz CT molecular complexity index is 422. The predicted octanol–water partition coefficient (Wildman–Crippen LogP) is 3.58. The van der Waals surface area contributed by atoms with Gasteiger partial charge in [-0.1, -0.05) is 31.4 Å². The number of carbonyl (C=O) groups excluding carboxylic acids is 1. The Kier molecular flexibility index (Phi) is 5.14. The van der Waals surface area contributed by atoms with E-state index in [0.717, 1.165) is 11.3 Å². The van der Waals surface area contributed by atoms with E-state index in [0.29, 0.717) is 16.7 Å². The van der Waals surface area contributed by atoms with Crippen LogP contribution in [-0.4, -0.2) is 16.9 Å². The molecule has 1 aliphatic rings. The molecule has 0 radical (unpaired) electrons. The van der Waals surface area contributed by atoms with Crippen molar-refractivity contribution in [3.05, 3.63) is 23.8 Å². The highest BCUT2D eigenvalue weighted by Crippen LogP contribution is 2.28. The molecule has 1 aromatic carbocycles. The Hall–Kier alpha value is -1.16. The van der Waals surface area contributed by atoms with E-state index >= 15 is 0 Å². The lowest BCUT2D eigenvalue weighted by atomic mass is 10.0. The molecule has 4 heteroatoms. The third-order valence-electron chi connectivity index (χ3n) is 3.57. The molecule has 1 fully saturated rings. The maximum Gasteiger partial charge on any atom is 0.234 e. The highest BCUT2D eigenvalue weighted by atomic mass is 32.2. The second-order valence-corrected chi connectivity index (χ2v) is 6.45. The number of nitrogens with two attached hydrogens (primary N) is 1. The minimum atomic E-state index is 0.0524. The largest absolute Gasteiger partial charge is 0.397 e. The fraction of sp³-hybridized carbons (Fsp3) is 0.533. The van der Waals surface area contributed by atoms with Crippen LogP contribution in [0.15, 0.2) is 18.2 Å². The van der Waals surface area contributed by atoms with Crippen LogP contribution in [0.25, 0.3) is 0 Å². The summed E-state index contributed by atoms with van der Waals surface area (Å²) >= 11 is 1.78. The molecule has 3 nitrogen and oxygen atoms in total. The van der Waals surface area contributed by atoms with Gasteiger partial charge >= 0.3 is 0 Å². The third kappa shape index (κ3) is 4.16. The second kappa shape index (κ2) is 6.85. The molecule has 1 saturated carbocycles. The monoisotopic (exact) mass is 278 g/mol. The molecule has 104 valence electrons. The number of hydrogen-bond acceptors (Lipinski definition) is 3. The number of nitrogens with one attached hydrogen (secondary N) is 1. The van der Waals surface area contributed by atoms with E-state index in [1.807, 2.05) is 25.1 Å². The number of nitrogen functional groups attached to an aromatic ring is 1. The molecule has 1 amide bonds. The molecule has 1 aromatic rings. The van der Waals surface area contributed by atoms with Crippen LogP contribution in [0.1, 0.15) is 37.7 Å². The molecule has 0 aromatic heterocycles. The van der Waals surface area contributed by atoms with Crippen molar-refractivity contribution in [3.8, 4) is 0 Å². The van der Waals surface area contributed by atoms with Gasteiger partial charge in [-0.25, -0.2) is 0 Å². The van der Waals surface area contributed by atoms with E-state index < -0.39 is 0 Å². The van der Waals surface area contributed by atoms with Crippen LogP contribution in [-0.2, 0) is 4.79 Å². The Morgan fingerprint density at radius 2 is 2.11 bits per heavy atom. The molecule has 0 atom stereocenters. The molecular weight excluding hydrogens is 256 g/mol. The van der Waals surface area contributed by atoms with Gasteiger partial charge in [-0.15, -0.1) is 11.8 Å². The Labute approximate surface area is 119 Å². The van der Waals surface area contributed by atoms with E-state index in [1.54, 1.807) is 11.8 Å². The standard InChI is InChI=1S/C15H22N2OS/c1-11-6-5-9-13(16)15(11)17-14(18)10-19-12-7-3-2-4-8-12/h5-6,9,12H,2-4,7-8,10,16H2,1H3,(H,17,18). The lowest BCUT2D eigenvalue weighted by molar-refractivity contribution is -0.113. The van der Waals surface area contributed by atoms with Gasteiger partial charge in [0.05, 0.1) is 17.1 Å². The molecule has 0 saturated heterocycles. The number of amides is 1. The first-order valence-corrected chi connectivity index (χ1v) is 7.98. The molecule has 0 bridgehead atoms. The van der Waals surface area contributed by atoms with Gasteiger partial charge in [0.15, 0.2) is 0 Å². The van der Waals surface area contributed by atoms with Crippen molar-refractivity contribution in [2.24, 2.45) is 0 Å². The lowest BCUT2D eigenvalue weighted by Crippen LogP contribution is -2.19. The summed E-state index contributed by atoms with van der Waals surface area (Å²) in [5, 5.41) is 3.59. The van der Waals surface area contributed by atoms with Crippen LogP contribution >= 0.6 is 11.8 Å². The molecule has 1 aliphatic carbocycles. The van der Waals surface area contributed by atoms with Crippen molar-refractivity contribution in [2.45, 2.75) is 44.3 Å². The van der Waals surface area contributed by atoms with Gasteiger partial charge in [0.1, 0.15) is 0 Å². The molecule has 2 rings (SSSR count). The molecule has 19 heavy (non-hydrogen) atoms. The van der Waals surface area contributed by atoms with Gasteiger partial charge in [0.2, 0.25) is 5.91 Å². The first-order chi connectivity index (χ1) is 9.16. The highest BCUT2D eigenvalue weighted by Gasteiger charge is 2.16. The zero-order valence-corrected chi connectivity index (χ0v) is 12.3. The summed E-state index contributed by atoms with van der Waals surface area (Å²) < 4.78 is 0. The number of anilines is 2. The van der Waals surface area contributed by atoms with Crippen LogP contribution in [0, 0.1) is 6.92 Å². The Balaban J connectivity index is 1.83. The van der Waals surface area contributed by atoms with Crippen molar-refractivity contribution in [2.75, 3.05) is 16.8 Å². The maximum atomic E-state index is 12.0. The smallest absolute Gasteiger partial charge is 0.234 e. The minimum Gasteiger partial charge on any atom is -0.397 e. The average Bonchev–Trinajstić information content (AvgIpc) is 2.42. The third-order valence-corrected chi connectivity index (χ3v) is 4.94. The van der Waals surface area contributed by atoms with Gasteiger partial charge in [0.25, 0.3) is 0 Å². The minimum absolute atomic E-state index is 0.0524. The maximum absolute atomic E-state index is 12.0. The number of benzene rings is 1. The number of thioether (sulfide) groups is 1. The molecule has 0 aliphatic heterocycles. The zero-order chi connectivity index (χ0) is 13.7. The molecular formula is C15H22N2OS. The summed E-state index contributed by atoms with van der Waals surface area (Å²) in [4.78, 5) is 12.0. The number of hydrogen-bond donors (Lipinski definition) is 2.